The average Bonchev–Trinajstić information content (AvgIpc) is 3.44. The summed E-state index contributed by atoms with van der Waals surface area (Å²) in [5.74, 6) is 0.786. The van der Waals surface area contributed by atoms with Gasteiger partial charge >= 0.3 is 0 Å². The van der Waals surface area contributed by atoms with Gasteiger partial charge in [-0.3, -0.25) is 9.59 Å². The van der Waals surface area contributed by atoms with Gasteiger partial charge in [0.05, 0.1) is 22.6 Å². The van der Waals surface area contributed by atoms with Crippen LogP contribution < -0.4 is 0 Å². The summed E-state index contributed by atoms with van der Waals surface area (Å²) < 4.78 is 5.28. The van der Waals surface area contributed by atoms with Crippen LogP contribution in [0.3, 0.4) is 0 Å². The maximum absolute atomic E-state index is 13.4. The van der Waals surface area contributed by atoms with Crippen molar-refractivity contribution in [3.8, 4) is 0 Å². The van der Waals surface area contributed by atoms with Gasteiger partial charge in [0.25, 0.3) is 11.6 Å². The Kier molecular flexibility index (Phi) is 3.74. The van der Waals surface area contributed by atoms with Gasteiger partial charge in [-0.25, -0.2) is 4.98 Å². The normalized spacial score (nSPS) is 25.3. The molecular formula is C20H24N4O3. The van der Waals surface area contributed by atoms with E-state index in [-0.39, 0.29) is 23.8 Å². The second-order valence-corrected chi connectivity index (χ2v) is 8.33. The largest absolute Gasteiger partial charge is 0.337 e. The van der Waals surface area contributed by atoms with E-state index in [1.807, 2.05) is 24.8 Å². The Hall–Kier alpha value is -2.44. The van der Waals surface area contributed by atoms with Crippen molar-refractivity contribution in [2.75, 3.05) is 19.6 Å². The average molecular weight is 368 g/mol. The molecule has 0 aromatic carbocycles. The highest BCUT2D eigenvalue weighted by molar-refractivity contribution is 6.06. The molecular weight excluding hydrogens is 344 g/mol. The lowest BCUT2D eigenvalue weighted by Crippen LogP contribution is -2.48. The minimum atomic E-state index is -0.0755. The fraction of sp³-hybridized carbons (Fsp3) is 0.600. The first-order chi connectivity index (χ1) is 13.0. The Morgan fingerprint density at radius 3 is 2.81 bits per heavy atom. The highest BCUT2D eigenvalue weighted by Crippen LogP contribution is 2.36. The number of aromatic nitrogens is 2. The lowest BCUT2D eigenvalue weighted by molar-refractivity contribution is -0.140. The van der Waals surface area contributed by atoms with Crippen molar-refractivity contribution in [1.82, 2.24) is 19.9 Å². The van der Waals surface area contributed by atoms with Crippen LogP contribution in [0.25, 0.3) is 11.1 Å². The lowest BCUT2D eigenvalue weighted by atomic mass is 9.94. The van der Waals surface area contributed by atoms with Gasteiger partial charge in [-0.15, -0.1) is 0 Å². The van der Waals surface area contributed by atoms with Crippen LogP contribution in [0.5, 0.6) is 0 Å². The van der Waals surface area contributed by atoms with E-state index in [4.69, 9.17) is 4.52 Å². The molecule has 3 aliphatic heterocycles. The SMILES string of the molecule is Cc1cc(C(=O)N2CC3CCC(C2)N(CC2CC2)C3=O)c2c(C)noc2n1. The van der Waals surface area contributed by atoms with Crippen LogP contribution in [0.2, 0.25) is 0 Å². The first kappa shape index (κ1) is 16.7. The molecule has 7 nitrogen and oxygen atoms in total. The highest BCUT2D eigenvalue weighted by atomic mass is 16.5. The molecule has 2 atom stereocenters. The maximum atomic E-state index is 13.4. The quantitative estimate of drug-likeness (QED) is 0.831. The molecule has 142 valence electrons. The van der Waals surface area contributed by atoms with E-state index in [1.54, 1.807) is 0 Å². The van der Waals surface area contributed by atoms with E-state index in [9.17, 15) is 9.59 Å². The molecule has 0 spiro atoms. The number of carbonyl (C=O) groups excluding carboxylic acids is 2. The fourth-order valence-electron chi connectivity index (χ4n) is 4.58. The van der Waals surface area contributed by atoms with Gasteiger partial charge in [-0.05, 0) is 51.5 Å². The molecule has 4 fully saturated rings. The third kappa shape index (κ3) is 2.80. The molecule has 4 aliphatic rings. The molecule has 5 heterocycles. The van der Waals surface area contributed by atoms with E-state index in [0.717, 1.165) is 25.1 Å². The second-order valence-electron chi connectivity index (χ2n) is 8.33. The van der Waals surface area contributed by atoms with Crippen LogP contribution in [0, 0.1) is 25.7 Å². The summed E-state index contributed by atoms with van der Waals surface area (Å²) in [6, 6.07) is 1.95. The standard InChI is InChI=1S/C20H24N4O3/c1-11-7-16(17-12(2)22-27-18(17)21-11)20(26)23-9-14-5-6-15(10-23)24(19(14)25)8-13-3-4-13/h7,13-15H,3-6,8-10H2,1-2H3. The summed E-state index contributed by atoms with van der Waals surface area (Å²) >= 11 is 0. The number of fused-ring (bicyclic) bond motifs is 5. The zero-order chi connectivity index (χ0) is 18.7. The van der Waals surface area contributed by atoms with Gasteiger partial charge in [-0.1, -0.05) is 5.16 Å². The third-order valence-electron chi connectivity index (χ3n) is 6.21. The Bertz CT molecular complexity index is 933. The summed E-state index contributed by atoms with van der Waals surface area (Å²) in [5.41, 5.74) is 2.38. The molecule has 1 saturated carbocycles. The number of amides is 2. The zero-order valence-electron chi connectivity index (χ0n) is 15.8. The Balaban J connectivity index is 1.48. The molecule has 2 aromatic rings. The number of hydrogen-bond donors (Lipinski definition) is 0. The fourth-order valence-corrected chi connectivity index (χ4v) is 4.58. The predicted molar refractivity (Wildman–Crippen MR) is 98.1 cm³/mol. The predicted octanol–water partition coefficient (Wildman–Crippen LogP) is 2.31. The van der Waals surface area contributed by atoms with E-state index in [2.05, 4.69) is 15.0 Å². The van der Waals surface area contributed by atoms with E-state index in [0.29, 0.717) is 41.4 Å². The smallest absolute Gasteiger partial charge is 0.258 e. The summed E-state index contributed by atoms with van der Waals surface area (Å²) in [6.07, 6.45) is 4.32. The minimum absolute atomic E-state index is 0.0465. The third-order valence-corrected chi connectivity index (χ3v) is 6.21. The zero-order valence-corrected chi connectivity index (χ0v) is 15.8. The van der Waals surface area contributed by atoms with Crippen LogP contribution >= 0.6 is 0 Å². The van der Waals surface area contributed by atoms with Crippen LogP contribution in [0.15, 0.2) is 10.6 Å². The van der Waals surface area contributed by atoms with Gasteiger partial charge in [0.2, 0.25) is 5.91 Å². The maximum Gasteiger partial charge on any atom is 0.258 e. The second kappa shape index (κ2) is 6.04. The summed E-state index contributed by atoms with van der Waals surface area (Å²) in [6.45, 7) is 5.66. The topological polar surface area (TPSA) is 79.5 Å². The summed E-state index contributed by atoms with van der Waals surface area (Å²) in [5, 5.41) is 4.66. The molecule has 0 N–H and O–H groups in total. The number of aryl methyl sites for hydroxylation is 2. The Morgan fingerprint density at radius 1 is 1.22 bits per heavy atom. The highest BCUT2D eigenvalue weighted by Gasteiger charge is 2.43. The van der Waals surface area contributed by atoms with Gasteiger partial charge < -0.3 is 14.3 Å². The Labute approximate surface area is 157 Å². The molecule has 2 bridgehead atoms. The van der Waals surface area contributed by atoms with Crippen LogP contribution in [-0.2, 0) is 4.79 Å². The molecule has 3 saturated heterocycles. The van der Waals surface area contributed by atoms with Crippen LogP contribution in [-0.4, -0.2) is 57.4 Å². The summed E-state index contributed by atoms with van der Waals surface area (Å²) in [4.78, 5) is 34.6. The minimum Gasteiger partial charge on any atom is -0.337 e. The number of piperidine rings is 1. The number of carbonyl (C=O) groups is 2. The van der Waals surface area contributed by atoms with Gasteiger partial charge in [-0.2, -0.15) is 0 Å². The summed E-state index contributed by atoms with van der Waals surface area (Å²) in [7, 11) is 0. The molecule has 2 amide bonds. The first-order valence-electron chi connectivity index (χ1n) is 9.84. The lowest BCUT2D eigenvalue weighted by Gasteiger charge is -2.36. The molecule has 27 heavy (non-hydrogen) atoms. The number of nitrogens with zero attached hydrogens (tertiary/aromatic N) is 4. The van der Waals surface area contributed by atoms with E-state index in [1.165, 1.54) is 12.8 Å². The monoisotopic (exact) mass is 368 g/mol. The molecule has 0 radical (unpaired) electrons. The van der Waals surface area contributed by atoms with Crippen molar-refractivity contribution < 1.29 is 14.1 Å². The Morgan fingerprint density at radius 2 is 2.04 bits per heavy atom. The number of rotatable bonds is 3. The first-order valence-corrected chi connectivity index (χ1v) is 9.84. The number of pyridine rings is 1. The molecule has 2 unspecified atom stereocenters. The van der Waals surface area contributed by atoms with Crippen molar-refractivity contribution >= 4 is 22.9 Å². The van der Waals surface area contributed by atoms with Crippen LogP contribution in [0.4, 0.5) is 0 Å². The van der Waals surface area contributed by atoms with Crippen molar-refractivity contribution in [3.05, 3.63) is 23.0 Å². The molecule has 2 aromatic heterocycles. The van der Waals surface area contributed by atoms with Crippen molar-refractivity contribution in [2.45, 2.75) is 45.6 Å². The van der Waals surface area contributed by atoms with E-state index < -0.39 is 0 Å². The van der Waals surface area contributed by atoms with Crippen LogP contribution in [0.1, 0.15) is 47.4 Å². The molecule has 1 aliphatic carbocycles. The van der Waals surface area contributed by atoms with Gasteiger partial charge in [0.1, 0.15) is 0 Å². The van der Waals surface area contributed by atoms with E-state index >= 15 is 0 Å². The van der Waals surface area contributed by atoms with Gasteiger partial charge in [0.15, 0.2) is 0 Å². The molecule has 7 heteroatoms. The van der Waals surface area contributed by atoms with Crippen molar-refractivity contribution in [3.63, 3.8) is 0 Å². The number of hydrogen-bond acceptors (Lipinski definition) is 5. The van der Waals surface area contributed by atoms with Gasteiger partial charge in [0, 0.05) is 31.4 Å². The van der Waals surface area contributed by atoms with Crippen molar-refractivity contribution in [1.29, 1.82) is 0 Å². The molecule has 6 rings (SSSR count). The van der Waals surface area contributed by atoms with Crippen molar-refractivity contribution in [2.24, 2.45) is 11.8 Å².